The van der Waals surface area contributed by atoms with E-state index >= 15 is 0 Å². The first kappa shape index (κ1) is 17.5. The number of carbonyl (C=O) groups excluding carboxylic acids is 1. The van der Waals surface area contributed by atoms with Crippen molar-refractivity contribution in [1.82, 2.24) is 24.6 Å². The zero-order valence-corrected chi connectivity index (χ0v) is 15.6. The third-order valence-electron chi connectivity index (χ3n) is 4.72. The number of halogens is 1. The molecule has 1 amide bonds. The van der Waals surface area contributed by atoms with Crippen LogP contribution in [-0.4, -0.2) is 63.8 Å². The predicted octanol–water partition coefficient (Wildman–Crippen LogP) is 1.84. The Morgan fingerprint density at radius 2 is 2.04 bits per heavy atom. The third-order valence-corrected chi connectivity index (χ3v) is 5.03. The minimum atomic E-state index is 0.0342. The van der Waals surface area contributed by atoms with E-state index in [1.165, 1.54) is 6.33 Å². The fraction of sp³-hybridized carbons (Fsp3) is 0.333. The van der Waals surface area contributed by atoms with Crippen molar-refractivity contribution in [1.29, 1.82) is 0 Å². The van der Waals surface area contributed by atoms with Crippen LogP contribution in [0.2, 0.25) is 5.02 Å². The molecule has 0 spiro atoms. The molecular formula is C18H19ClN6O2. The highest BCUT2D eigenvalue weighted by Gasteiger charge is 2.22. The number of piperazine rings is 1. The maximum atomic E-state index is 12.7. The lowest BCUT2D eigenvalue weighted by Crippen LogP contribution is -2.49. The highest BCUT2D eigenvalue weighted by atomic mass is 35.5. The summed E-state index contributed by atoms with van der Waals surface area (Å²) >= 11 is 6.10. The van der Waals surface area contributed by atoms with Gasteiger partial charge in [0.15, 0.2) is 5.65 Å². The Bertz CT molecular complexity index is 967. The standard InChI is InChI=1S/C18H19ClN6O2/c1-27-16-8-14(2-3-15(16)19)23-4-6-24(7-5-23)17(26)11-25-18-13(10-22-25)9-20-12-21-18/h2-3,8-10,12H,4-7,11H2,1H3. The molecule has 8 nitrogen and oxygen atoms in total. The van der Waals surface area contributed by atoms with Gasteiger partial charge >= 0.3 is 0 Å². The molecular weight excluding hydrogens is 368 g/mol. The largest absolute Gasteiger partial charge is 0.495 e. The Labute approximate surface area is 161 Å². The van der Waals surface area contributed by atoms with E-state index in [-0.39, 0.29) is 12.5 Å². The fourth-order valence-corrected chi connectivity index (χ4v) is 3.42. The van der Waals surface area contributed by atoms with Crippen LogP contribution < -0.4 is 9.64 Å². The molecule has 3 heterocycles. The zero-order chi connectivity index (χ0) is 18.8. The van der Waals surface area contributed by atoms with Gasteiger partial charge in [-0.15, -0.1) is 0 Å². The number of aromatic nitrogens is 4. The molecule has 3 aromatic rings. The minimum Gasteiger partial charge on any atom is -0.495 e. The molecule has 2 aromatic heterocycles. The smallest absolute Gasteiger partial charge is 0.244 e. The summed E-state index contributed by atoms with van der Waals surface area (Å²) in [5.74, 6) is 0.687. The summed E-state index contributed by atoms with van der Waals surface area (Å²) in [5, 5.41) is 5.66. The summed E-state index contributed by atoms with van der Waals surface area (Å²) in [4.78, 5) is 24.9. The Kier molecular flexibility index (Phi) is 4.81. The lowest BCUT2D eigenvalue weighted by atomic mass is 10.2. The molecule has 1 fully saturated rings. The lowest BCUT2D eigenvalue weighted by molar-refractivity contribution is -0.132. The number of nitrogens with zero attached hydrogens (tertiary/aromatic N) is 6. The van der Waals surface area contributed by atoms with Gasteiger partial charge in [-0.3, -0.25) is 4.79 Å². The van der Waals surface area contributed by atoms with E-state index in [0.29, 0.717) is 29.5 Å². The van der Waals surface area contributed by atoms with Gasteiger partial charge in [0.1, 0.15) is 18.6 Å². The van der Waals surface area contributed by atoms with Crippen LogP contribution >= 0.6 is 11.6 Å². The molecule has 4 rings (SSSR count). The van der Waals surface area contributed by atoms with Crippen molar-refractivity contribution in [3.63, 3.8) is 0 Å². The van der Waals surface area contributed by atoms with Gasteiger partial charge in [-0.2, -0.15) is 5.10 Å². The van der Waals surface area contributed by atoms with Crippen molar-refractivity contribution < 1.29 is 9.53 Å². The molecule has 0 N–H and O–H groups in total. The van der Waals surface area contributed by atoms with Crippen LogP contribution in [0.3, 0.4) is 0 Å². The Balaban J connectivity index is 1.39. The summed E-state index contributed by atoms with van der Waals surface area (Å²) < 4.78 is 6.91. The summed E-state index contributed by atoms with van der Waals surface area (Å²) in [6.45, 7) is 2.97. The molecule has 1 aliphatic heterocycles. The Morgan fingerprint density at radius 1 is 1.22 bits per heavy atom. The van der Waals surface area contributed by atoms with Gasteiger partial charge in [0.2, 0.25) is 5.91 Å². The van der Waals surface area contributed by atoms with Gasteiger partial charge in [-0.25, -0.2) is 14.6 Å². The first-order chi connectivity index (χ1) is 13.2. The zero-order valence-electron chi connectivity index (χ0n) is 14.9. The van der Waals surface area contributed by atoms with Crippen molar-refractivity contribution >= 4 is 34.2 Å². The van der Waals surface area contributed by atoms with Crippen LogP contribution in [0.1, 0.15) is 0 Å². The summed E-state index contributed by atoms with van der Waals surface area (Å²) in [6, 6.07) is 5.73. The Hall–Kier alpha value is -2.87. The lowest BCUT2D eigenvalue weighted by Gasteiger charge is -2.36. The topological polar surface area (TPSA) is 76.4 Å². The first-order valence-electron chi connectivity index (χ1n) is 8.63. The van der Waals surface area contributed by atoms with Gasteiger partial charge in [-0.05, 0) is 12.1 Å². The van der Waals surface area contributed by atoms with E-state index in [4.69, 9.17) is 16.3 Å². The van der Waals surface area contributed by atoms with Crippen molar-refractivity contribution in [2.75, 3.05) is 38.2 Å². The number of hydrogen-bond acceptors (Lipinski definition) is 6. The van der Waals surface area contributed by atoms with E-state index in [2.05, 4.69) is 20.0 Å². The van der Waals surface area contributed by atoms with E-state index < -0.39 is 0 Å². The fourth-order valence-electron chi connectivity index (χ4n) is 3.23. The van der Waals surface area contributed by atoms with E-state index in [9.17, 15) is 4.79 Å². The normalized spacial score (nSPS) is 14.6. The molecule has 0 saturated carbocycles. The average molecular weight is 387 g/mol. The molecule has 140 valence electrons. The molecule has 1 aliphatic rings. The molecule has 1 saturated heterocycles. The number of ether oxygens (including phenoxy) is 1. The molecule has 9 heteroatoms. The molecule has 0 atom stereocenters. The maximum Gasteiger partial charge on any atom is 0.244 e. The summed E-state index contributed by atoms with van der Waals surface area (Å²) in [7, 11) is 1.60. The van der Waals surface area contributed by atoms with Gasteiger partial charge in [0.05, 0.1) is 23.7 Å². The van der Waals surface area contributed by atoms with E-state index in [1.807, 2.05) is 23.1 Å². The molecule has 0 aliphatic carbocycles. The quantitative estimate of drug-likeness (QED) is 0.681. The third kappa shape index (κ3) is 3.52. The second-order valence-electron chi connectivity index (χ2n) is 6.29. The number of fused-ring (bicyclic) bond motifs is 1. The van der Waals surface area contributed by atoms with Gasteiger partial charge in [0.25, 0.3) is 0 Å². The van der Waals surface area contributed by atoms with Crippen molar-refractivity contribution in [3.8, 4) is 5.75 Å². The number of rotatable bonds is 4. The summed E-state index contributed by atoms with van der Waals surface area (Å²) in [6.07, 6.45) is 4.83. The monoisotopic (exact) mass is 386 g/mol. The molecule has 1 aromatic carbocycles. The van der Waals surface area contributed by atoms with Crippen LogP contribution in [0.25, 0.3) is 11.0 Å². The number of methoxy groups -OCH3 is 1. The SMILES string of the molecule is COc1cc(N2CCN(C(=O)Cn3ncc4cncnc43)CC2)ccc1Cl. The minimum absolute atomic E-state index is 0.0342. The van der Waals surface area contributed by atoms with Crippen LogP contribution in [0.5, 0.6) is 5.75 Å². The molecule has 0 radical (unpaired) electrons. The van der Waals surface area contributed by atoms with Crippen LogP contribution in [0, 0.1) is 0 Å². The number of carbonyl (C=O) groups is 1. The average Bonchev–Trinajstić information content (AvgIpc) is 3.11. The number of benzene rings is 1. The van der Waals surface area contributed by atoms with Crippen molar-refractivity contribution in [2.24, 2.45) is 0 Å². The number of anilines is 1. The highest BCUT2D eigenvalue weighted by Crippen LogP contribution is 2.29. The van der Waals surface area contributed by atoms with Crippen LogP contribution in [0.4, 0.5) is 5.69 Å². The van der Waals surface area contributed by atoms with E-state index in [0.717, 1.165) is 24.2 Å². The number of hydrogen-bond donors (Lipinski definition) is 0. The first-order valence-corrected chi connectivity index (χ1v) is 9.01. The van der Waals surface area contributed by atoms with E-state index in [1.54, 1.807) is 24.2 Å². The predicted molar refractivity (Wildman–Crippen MR) is 102 cm³/mol. The summed E-state index contributed by atoms with van der Waals surface area (Å²) in [5.41, 5.74) is 1.71. The maximum absolute atomic E-state index is 12.7. The second-order valence-corrected chi connectivity index (χ2v) is 6.70. The van der Waals surface area contributed by atoms with Crippen LogP contribution in [0.15, 0.2) is 36.9 Å². The van der Waals surface area contributed by atoms with Crippen molar-refractivity contribution in [2.45, 2.75) is 6.54 Å². The van der Waals surface area contributed by atoms with Crippen LogP contribution in [-0.2, 0) is 11.3 Å². The van der Waals surface area contributed by atoms with Crippen molar-refractivity contribution in [3.05, 3.63) is 41.9 Å². The van der Waals surface area contributed by atoms with Gasteiger partial charge in [-0.1, -0.05) is 11.6 Å². The van der Waals surface area contributed by atoms with Gasteiger partial charge < -0.3 is 14.5 Å². The highest BCUT2D eigenvalue weighted by molar-refractivity contribution is 6.32. The number of amides is 1. The molecule has 27 heavy (non-hydrogen) atoms. The molecule has 0 unspecified atom stereocenters. The Morgan fingerprint density at radius 3 is 2.81 bits per heavy atom. The molecule has 0 bridgehead atoms. The second kappa shape index (κ2) is 7.40. The van der Waals surface area contributed by atoms with Gasteiger partial charge in [0, 0.05) is 44.1 Å².